The zero-order valence-electron chi connectivity index (χ0n) is 9.25. The van der Waals surface area contributed by atoms with Crippen LogP contribution in [-0.4, -0.2) is 24.5 Å². The van der Waals surface area contributed by atoms with E-state index in [1.165, 1.54) is 38.0 Å². The van der Waals surface area contributed by atoms with Gasteiger partial charge in [-0.3, -0.25) is 0 Å². The Hall–Kier alpha value is -0.530. The number of nitrogens with zero attached hydrogens (tertiary/aromatic N) is 1. The number of halogens is 1. The lowest BCUT2D eigenvalue weighted by molar-refractivity contribution is 0.101. The molecule has 0 spiro atoms. The van der Waals surface area contributed by atoms with Crippen LogP contribution in [0.2, 0.25) is 5.02 Å². The second kappa shape index (κ2) is 5.00. The average molecular weight is 224 g/mol. The maximum absolute atomic E-state index is 5.85. The van der Waals surface area contributed by atoms with Gasteiger partial charge >= 0.3 is 0 Å². The first kappa shape index (κ1) is 11.0. The summed E-state index contributed by atoms with van der Waals surface area (Å²) in [5.74, 6) is 0.859. The van der Waals surface area contributed by atoms with E-state index in [0.29, 0.717) is 0 Å². The first-order valence-corrected chi connectivity index (χ1v) is 6.12. The van der Waals surface area contributed by atoms with Gasteiger partial charge in [-0.05, 0) is 43.0 Å². The Labute approximate surface area is 97.0 Å². The van der Waals surface area contributed by atoms with Gasteiger partial charge in [0.1, 0.15) is 0 Å². The molecule has 0 aliphatic carbocycles. The monoisotopic (exact) mass is 223 g/mol. The molecule has 82 valence electrons. The molecule has 2 heteroatoms. The molecule has 1 aromatic carbocycles. The molecular weight excluding hydrogens is 206 g/mol. The minimum absolute atomic E-state index is 0.833. The topological polar surface area (TPSA) is 3.24 Å². The Morgan fingerprint density at radius 3 is 2.53 bits per heavy atom. The van der Waals surface area contributed by atoms with E-state index in [9.17, 15) is 0 Å². The predicted molar refractivity (Wildman–Crippen MR) is 65.4 cm³/mol. The highest BCUT2D eigenvalue weighted by atomic mass is 35.5. The zero-order valence-corrected chi connectivity index (χ0v) is 10.0. The normalized spacial score (nSPS) is 17.7. The summed E-state index contributed by atoms with van der Waals surface area (Å²) < 4.78 is 0. The maximum Gasteiger partial charge on any atom is 0.0406 e. The summed E-state index contributed by atoms with van der Waals surface area (Å²) in [5.41, 5.74) is 1.42. The fourth-order valence-electron chi connectivity index (χ4n) is 2.26. The van der Waals surface area contributed by atoms with Crippen molar-refractivity contribution in [2.45, 2.75) is 19.8 Å². The second-order valence-corrected chi connectivity index (χ2v) is 4.89. The van der Waals surface area contributed by atoms with Crippen LogP contribution in [0.1, 0.15) is 18.9 Å². The van der Waals surface area contributed by atoms with Crippen molar-refractivity contribution < 1.29 is 0 Å². The van der Waals surface area contributed by atoms with Gasteiger partial charge in [0.25, 0.3) is 0 Å². The molecule has 1 aliphatic heterocycles. The van der Waals surface area contributed by atoms with Crippen LogP contribution < -0.4 is 0 Å². The van der Waals surface area contributed by atoms with Crippen molar-refractivity contribution >= 4 is 11.6 Å². The van der Waals surface area contributed by atoms with E-state index < -0.39 is 0 Å². The number of rotatable bonds is 4. The third kappa shape index (κ3) is 2.96. The van der Waals surface area contributed by atoms with Gasteiger partial charge in [0.05, 0.1) is 0 Å². The lowest BCUT2D eigenvalue weighted by Gasteiger charge is -2.39. The maximum atomic E-state index is 5.85. The fourth-order valence-corrected chi connectivity index (χ4v) is 2.38. The lowest BCUT2D eigenvalue weighted by Crippen LogP contribution is -2.47. The molecule has 1 aliphatic rings. The van der Waals surface area contributed by atoms with Gasteiger partial charge in [-0.1, -0.05) is 30.7 Å². The minimum atomic E-state index is 0.833. The van der Waals surface area contributed by atoms with Crippen molar-refractivity contribution in [2.75, 3.05) is 19.6 Å². The van der Waals surface area contributed by atoms with Crippen molar-refractivity contribution in [1.82, 2.24) is 4.90 Å². The third-order valence-corrected chi connectivity index (χ3v) is 3.26. The van der Waals surface area contributed by atoms with Crippen LogP contribution in [-0.2, 0) is 6.42 Å². The van der Waals surface area contributed by atoms with Gasteiger partial charge in [-0.2, -0.15) is 0 Å². The highest BCUT2D eigenvalue weighted by molar-refractivity contribution is 6.30. The molecular formula is C13H18ClN. The third-order valence-electron chi connectivity index (χ3n) is 3.01. The summed E-state index contributed by atoms with van der Waals surface area (Å²) >= 11 is 5.85. The number of hydrogen-bond acceptors (Lipinski definition) is 1. The molecule has 0 unspecified atom stereocenters. The number of hydrogen-bond donors (Lipinski definition) is 0. The van der Waals surface area contributed by atoms with E-state index in [-0.39, 0.29) is 0 Å². The molecule has 0 amide bonds. The van der Waals surface area contributed by atoms with Crippen LogP contribution >= 0.6 is 11.6 Å². The van der Waals surface area contributed by atoms with Gasteiger partial charge in [0.2, 0.25) is 0 Å². The van der Waals surface area contributed by atoms with Crippen molar-refractivity contribution in [1.29, 1.82) is 0 Å². The van der Waals surface area contributed by atoms with Crippen LogP contribution in [0.5, 0.6) is 0 Å². The fraction of sp³-hybridized carbons (Fsp3) is 0.538. The quantitative estimate of drug-likeness (QED) is 0.758. The van der Waals surface area contributed by atoms with Crippen molar-refractivity contribution in [3.63, 3.8) is 0 Å². The smallest absolute Gasteiger partial charge is 0.0406 e. The summed E-state index contributed by atoms with van der Waals surface area (Å²) in [4.78, 5) is 2.53. The van der Waals surface area contributed by atoms with E-state index in [1.54, 1.807) is 0 Å². The average Bonchev–Trinajstić information content (AvgIpc) is 2.18. The highest BCUT2D eigenvalue weighted by Crippen LogP contribution is 2.21. The van der Waals surface area contributed by atoms with Gasteiger partial charge in [0, 0.05) is 18.1 Å². The molecule has 2 rings (SSSR count). The van der Waals surface area contributed by atoms with Gasteiger partial charge in [-0.15, -0.1) is 0 Å². The summed E-state index contributed by atoms with van der Waals surface area (Å²) in [6.45, 7) is 6.05. The summed E-state index contributed by atoms with van der Waals surface area (Å²) in [6, 6.07) is 8.26. The molecule has 0 aromatic heterocycles. The Bertz CT molecular complexity index is 301. The number of benzene rings is 1. The lowest BCUT2D eigenvalue weighted by atomic mass is 9.92. The van der Waals surface area contributed by atoms with Crippen LogP contribution in [0.15, 0.2) is 24.3 Å². The molecule has 15 heavy (non-hydrogen) atoms. The van der Waals surface area contributed by atoms with Crippen LogP contribution in [0.3, 0.4) is 0 Å². The molecule has 0 atom stereocenters. The summed E-state index contributed by atoms with van der Waals surface area (Å²) in [7, 11) is 0. The first-order valence-electron chi connectivity index (χ1n) is 5.74. The standard InChI is InChI=1S/C13H18ClN/c1-2-7-15-9-12(10-15)8-11-3-5-13(14)6-4-11/h3-6,12H,2,7-10H2,1H3. The minimum Gasteiger partial charge on any atom is -0.303 e. The van der Waals surface area contributed by atoms with Crippen LogP contribution in [0.4, 0.5) is 0 Å². The highest BCUT2D eigenvalue weighted by Gasteiger charge is 2.25. The van der Waals surface area contributed by atoms with Crippen LogP contribution in [0.25, 0.3) is 0 Å². The van der Waals surface area contributed by atoms with E-state index in [0.717, 1.165) is 10.9 Å². The predicted octanol–water partition coefficient (Wildman–Crippen LogP) is 3.22. The SMILES string of the molecule is CCCN1CC(Cc2ccc(Cl)cc2)C1. The molecule has 1 fully saturated rings. The van der Waals surface area contributed by atoms with E-state index >= 15 is 0 Å². The summed E-state index contributed by atoms with van der Waals surface area (Å²) in [5, 5.41) is 0.833. The Morgan fingerprint density at radius 1 is 1.27 bits per heavy atom. The van der Waals surface area contributed by atoms with E-state index in [1.807, 2.05) is 12.1 Å². The Kier molecular flexibility index (Phi) is 3.66. The van der Waals surface area contributed by atoms with E-state index in [2.05, 4.69) is 24.0 Å². The van der Waals surface area contributed by atoms with Crippen molar-refractivity contribution in [3.8, 4) is 0 Å². The van der Waals surface area contributed by atoms with Gasteiger partial charge in [0.15, 0.2) is 0 Å². The zero-order chi connectivity index (χ0) is 10.7. The molecule has 0 bridgehead atoms. The Balaban J connectivity index is 1.77. The number of likely N-dealkylation sites (tertiary alicyclic amines) is 1. The van der Waals surface area contributed by atoms with E-state index in [4.69, 9.17) is 11.6 Å². The molecule has 1 nitrogen and oxygen atoms in total. The van der Waals surface area contributed by atoms with Gasteiger partial charge in [-0.25, -0.2) is 0 Å². The molecule has 0 N–H and O–H groups in total. The Morgan fingerprint density at radius 2 is 1.93 bits per heavy atom. The van der Waals surface area contributed by atoms with Crippen LogP contribution in [0, 0.1) is 5.92 Å². The molecule has 1 heterocycles. The summed E-state index contributed by atoms with van der Waals surface area (Å²) in [6.07, 6.45) is 2.48. The van der Waals surface area contributed by atoms with Crippen molar-refractivity contribution in [2.24, 2.45) is 5.92 Å². The molecule has 0 radical (unpaired) electrons. The molecule has 0 saturated carbocycles. The second-order valence-electron chi connectivity index (χ2n) is 4.46. The van der Waals surface area contributed by atoms with Gasteiger partial charge < -0.3 is 4.90 Å². The first-order chi connectivity index (χ1) is 7.28. The largest absolute Gasteiger partial charge is 0.303 e. The van der Waals surface area contributed by atoms with Crippen molar-refractivity contribution in [3.05, 3.63) is 34.9 Å². The molecule has 1 saturated heterocycles. The molecule has 1 aromatic rings.